The molecule has 132 valence electrons. The van der Waals surface area contributed by atoms with E-state index in [9.17, 15) is 9.59 Å². The first kappa shape index (κ1) is 17.2. The van der Waals surface area contributed by atoms with Crippen LogP contribution < -0.4 is 10.6 Å². The number of nitrogens with one attached hydrogen (secondary N) is 3. The van der Waals surface area contributed by atoms with E-state index in [4.69, 9.17) is 0 Å². The van der Waals surface area contributed by atoms with Gasteiger partial charge in [0.05, 0.1) is 6.04 Å². The first-order valence-corrected chi connectivity index (χ1v) is 8.74. The number of aromatic nitrogens is 2. The second-order valence-electron chi connectivity index (χ2n) is 6.63. The zero-order valence-electron chi connectivity index (χ0n) is 14.7. The first-order chi connectivity index (χ1) is 12.0. The van der Waals surface area contributed by atoms with Gasteiger partial charge in [0.25, 0.3) is 0 Å². The number of benzene rings is 1. The third-order valence-electron chi connectivity index (χ3n) is 4.47. The summed E-state index contributed by atoms with van der Waals surface area (Å²) in [6.07, 6.45) is 5.42. The fourth-order valence-electron chi connectivity index (χ4n) is 3.14. The standard InChI is InChI=1S/C19H24N4O2/c1-12-11-20-19(21-12)13(2)22-17(24)8-9-18(25)23-16-7-6-14-4-3-5-15(14)10-16/h6-7,10-11,13H,3-5,8-9H2,1-2H3,(H,20,21)(H,22,24)(H,23,25)/t13-/m0/s1. The number of aromatic amines is 1. The van der Waals surface area contributed by atoms with Crippen LogP contribution in [0.3, 0.4) is 0 Å². The van der Waals surface area contributed by atoms with Gasteiger partial charge in [-0.15, -0.1) is 0 Å². The molecule has 3 N–H and O–H groups in total. The van der Waals surface area contributed by atoms with Gasteiger partial charge in [-0.1, -0.05) is 6.07 Å². The Morgan fingerprint density at radius 1 is 1.20 bits per heavy atom. The summed E-state index contributed by atoms with van der Waals surface area (Å²) < 4.78 is 0. The summed E-state index contributed by atoms with van der Waals surface area (Å²) in [6, 6.07) is 5.85. The molecule has 1 aromatic heterocycles. The maximum absolute atomic E-state index is 12.1. The normalized spacial score (nSPS) is 14.0. The summed E-state index contributed by atoms with van der Waals surface area (Å²) in [6.45, 7) is 3.77. The van der Waals surface area contributed by atoms with E-state index in [0.717, 1.165) is 24.2 Å². The number of amides is 2. The SMILES string of the molecule is Cc1cnc([C@H](C)NC(=O)CCC(=O)Nc2ccc3c(c2)CCC3)[nH]1. The number of hydrogen-bond acceptors (Lipinski definition) is 3. The third kappa shape index (κ3) is 4.47. The average molecular weight is 340 g/mol. The highest BCUT2D eigenvalue weighted by molar-refractivity contribution is 5.93. The number of carbonyl (C=O) groups is 2. The van der Waals surface area contributed by atoms with Crippen LogP contribution in [0.2, 0.25) is 0 Å². The summed E-state index contributed by atoms with van der Waals surface area (Å²) in [5.74, 6) is 0.411. The Morgan fingerprint density at radius 3 is 2.72 bits per heavy atom. The van der Waals surface area contributed by atoms with Crippen molar-refractivity contribution in [1.29, 1.82) is 0 Å². The Hall–Kier alpha value is -2.63. The van der Waals surface area contributed by atoms with Gasteiger partial charge in [-0.05, 0) is 56.4 Å². The van der Waals surface area contributed by atoms with Crippen LogP contribution in [-0.2, 0) is 22.4 Å². The fraction of sp³-hybridized carbons (Fsp3) is 0.421. The van der Waals surface area contributed by atoms with Crippen molar-refractivity contribution in [3.8, 4) is 0 Å². The van der Waals surface area contributed by atoms with Crippen LogP contribution >= 0.6 is 0 Å². The van der Waals surface area contributed by atoms with E-state index < -0.39 is 0 Å². The van der Waals surface area contributed by atoms with Crippen molar-refractivity contribution >= 4 is 17.5 Å². The lowest BCUT2D eigenvalue weighted by Gasteiger charge is -2.12. The molecular formula is C19H24N4O2. The maximum atomic E-state index is 12.1. The Bertz CT molecular complexity index is 781. The van der Waals surface area contributed by atoms with Crippen LogP contribution in [-0.4, -0.2) is 21.8 Å². The summed E-state index contributed by atoms with van der Waals surface area (Å²) in [5, 5.41) is 5.73. The number of imidazole rings is 1. The molecule has 6 nitrogen and oxygen atoms in total. The van der Waals surface area contributed by atoms with Gasteiger partial charge in [-0.3, -0.25) is 9.59 Å². The van der Waals surface area contributed by atoms with E-state index in [1.54, 1.807) is 6.20 Å². The number of rotatable bonds is 6. The van der Waals surface area contributed by atoms with Gasteiger partial charge in [0.2, 0.25) is 11.8 Å². The Balaban J connectivity index is 1.44. The molecule has 0 bridgehead atoms. The number of hydrogen-bond donors (Lipinski definition) is 3. The summed E-state index contributed by atoms with van der Waals surface area (Å²) >= 11 is 0. The molecule has 0 aliphatic heterocycles. The van der Waals surface area contributed by atoms with Crippen LogP contribution in [0.25, 0.3) is 0 Å². The molecule has 0 spiro atoms. The Labute approximate surface area is 147 Å². The highest BCUT2D eigenvalue weighted by atomic mass is 16.2. The molecule has 3 rings (SSSR count). The minimum Gasteiger partial charge on any atom is -0.346 e. The van der Waals surface area contributed by atoms with Gasteiger partial charge >= 0.3 is 0 Å². The second-order valence-corrected chi connectivity index (χ2v) is 6.63. The molecule has 25 heavy (non-hydrogen) atoms. The summed E-state index contributed by atoms with van der Waals surface area (Å²) in [4.78, 5) is 31.4. The highest BCUT2D eigenvalue weighted by Crippen LogP contribution is 2.24. The molecule has 0 fully saturated rings. The monoisotopic (exact) mass is 340 g/mol. The molecule has 1 atom stereocenters. The second kappa shape index (κ2) is 7.51. The molecule has 1 aliphatic carbocycles. The van der Waals surface area contributed by atoms with Crippen molar-refractivity contribution in [3.05, 3.63) is 47.0 Å². The smallest absolute Gasteiger partial charge is 0.224 e. The van der Waals surface area contributed by atoms with Crippen molar-refractivity contribution < 1.29 is 9.59 Å². The van der Waals surface area contributed by atoms with Crippen LogP contribution in [0.1, 0.15) is 54.9 Å². The average Bonchev–Trinajstić information content (AvgIpc) is 3.21. The Kier molecular flexibility index (Phi) is 5.16. The number of aryl methyl sites for hydroxylation is 3. The minimum atomic E-state index is -0.207. The lowest BCUT2D eigenvalue weighted by atomic mass is 10.1. The van der Waals surface area contributed by atoms with Gasteiger partial charge < -0.3 is 15.6 Å². The van der Waals surface area contributed by atoms with E-state index in [1.807, 2.05) is 26.0 Å². The van der Waals surface area contributed by atoms with Crippen LogP contribution in [0.15, 0.2) is 24.4 Å². The zero-order valence-corrected chi connectivity index (χ0v) is 14.7. The van der Waals surface area contributed by atoms with Crippen molar-refractivity contribution in [2.24, 2.45) is 0 Å². The lowest BCUT2D eigenvalue weighted by Crippen LogP contribution is -2.28. The van der Waals surface area contributed by atoms with Crippen molar-refractivity contribution in [2.75, 3.05) is 5.32 Å². The number of anilines is 1. The molecule has 0 saturated heterocycles. The molecule has 2 aromatic rings. The largest absolute Gasteiger partial charge is 0.346 e. The summed E-state index contributed by atoms with van der Waals surface area (Å²) in [7, 11) is 0. The predicted molar refractivity (Wildman–Crippen MR) is 96.2 cm³/mol. The van der Waals surface area contributed by atoms with Crippen LogP contribution in [0.5, 0.6) is 0 Å². The number of nitrogens with zero attached hydrogens (tertiary/aromatic N) is 1. The number of carbonyl (C=O) groups excluding carboxylic acids is 2. The molecule has 2 amide bonds. The molecule has 1 aromatic carbocycles. The van der Waals surface area contributed by atoms with Crippen LogP contribution in [0.4, 0.5) is 5.69 Å². The van der Waals surface area contributed by atoms with E-state index >= 15 is 0 Å². The topological polar surface area (TPSA) is 86.9 Å². The highest BCUT2D eigenvalue weighted by Gasteiger charge is 2.15. The Morgan fingerprint density at radius 2 is 1.96 bits per heavy atom. The number of fused-ring (bicyclic) bond motifs is 1. The minimum absolute atomic E-state index is 0.144. The molecule has 0 radical (unpaired) electrons. The van der Waals surface area contributed by atoms with E-state index in [-0.39, 0.29) is 30.7 Å². The summed E-state index contributed by atoms with van der Waals surface area (Å²) in [5.41, 5.74) is 4.45. The van der Waals surface area contributed by atoms with E-state index in [1.165, 1.54) is 17.5 Å². The van der Waals surface area contributed by atoms with Gasteiger partial charge in [0.15, 0.2) is 0 Å². The van der Waals surface area contributed by atoms with E-state index in [2.05, 4.69) is 26.7 Å². The predicted octanol–water partition coefficient (Wildman–Crippen LogP) is 2.80. The molecule has 0 saturated carbocycles. The third-order valence-corrected chi connectivity index (χ3v) is 4.47. The number of H-pyrrole nitrogens is 1. The van der Waals surface area contributed by atoms with Crippen molar-refractivity contribution in [3.63, 3.8) is 0 Å². The molecule has 6 heteroatoms. The van der Waals surface area contributed by atoms with Gasteiger partial charge in [-0.25, -0.2) is 4.98 Å². The van der Waals surface area contributed by atoms with Gasteiger partial charge in [0.1, 0.15) is 5.82 Å². The molecule has 1 aliphatic rings. The van der Waals surface area contributed by atoms with Crippen molar-refractivity contribution in [2.45, 2.75) is 52.0 Å². The quantitative estimate of drug-likeness (QED) is 0.756. The van der Waals surface area contributed by atoms with Gasteiger partial charge in [0, 0.05) is 30.4 Å². The van der Waals surface area contributed by atoms with Gasteiger partial charge in [-0.2, -0.15) is 0 Å². The molecule has 1 heterocycles. The van der Waals surface area contributed by atoms with Crippen molar-refractivity contribution in [1.82, 2.24) is 15.3 Å². The first-order valence-electron chi connectivity index (χ1n) is 8.74. The molecule has 0 unspecified atom stereocenters. The maximum Gasteiger partial charge on any atom is 0.224 e. The van der Waals surface area contributed by atoms with Crippen LogP contribution in [0, 0.1) is 6.92 Å². The fourth-order valence-corrected chi connectivity index (χ4v) is 3.14. The zero-order chi connectivity index (χ0) is 17.8. The van der Waals surface area contributed by atoms with E-state index in [0.29, 0.717) is 5.82 Å². The lowest BCUT2D eigenvalue weighted by molar-refractivity contribution is -0.124. The molecular weight excluding hydrogens is 316 g/mol.